The minimum absolute atomic E-state index is 0.0398. The average Bonchev–Trinajstić information content (AvgIpc) is 3.24. The number of benzene rings is 2. The Morgan fingerprint density at radius 1 is 0.947 bits per heavy atom. The first-order chi connectivity index (χ1) is 9.22. The molecule has 0 unspecified atom stereocenters. The summed E-state index contributed by atoms with van der Waals surface area (Å²) in [6.45, 7) is 2.08. The molecule has 1 fully saturated rings. The number of carbonyl (C=O) groups is 1. The van der Waals surface area contributed by atoms with Crippen LogP contribution in [0.1, 0.15) is 28.8 Å². The largest absolute Gasteiger partial charge is 0.349 e. The average molecular weight is 251 g/mol. The van der Waals surface area contributed by atoms with E-state index >= 15 is 0 Å². The van der Waals surface area contributed by atoms with Crippen molar-refractivity contribution in [2.75, 3.05) is 0 Å². The van der Waals surface area contributed by atoms with Crippen molar-refractivity contribution in [3.63, 3.8) is 0 Å². The van der Waals surface area contributed by atoms with Gasteiger partial charge in [-0.25, -0.2) is 0 Å². The van der Waals surface area contributed by atoms with Gasteiger partial charge in [0, 0.05) is 11.6 Å². The van der Waals surface area contributed by atoms with Gasteiger partial charge in [-0.1, -0.05) is 42.0 Å². The number of rotatable bonds is 3. The number of aryl methyl sites for hydroxylation is 1. The summed E-state index contributed by atoms with van der Waals surface area (Å²) in [5, 5.41) is 3.00. The Morgan fingerprint density at radius 3 is 2.00 bits per heavy atom. The van der Waals surface area contributed by atoms with Crippen LogP contribution in [0.3, 0.4) is 0 Å². The SMILES string of the molecule is Cc1ccc(-c2ccc(C(=O)NC3CC3)cc2)cc1. The van der Waals surface area contributed by atoms with Crippen LogP contribution in [0.5, 0.6) is 0 Å². The van der Waals surface area contributed by atoms with Gasteiger partial charge in [0.15, 0.2) is 0 Å². The minimum atomic E-state index is 0.0398. The normalized spacial score (nSPS) is 14.2. The van der Waals surface area contributed by atoms with E-state index < -0.39 is 0 Å². The second kappa shape index (κ2) is 4.88. The third-order valence-corrected chi connectivity index (χ3v) is 3.44. The Bertz CT molecular complexity index is 580. The molecule has 0 aromatic heterocycles. The second-order valence-electron chi connectivity index (χ2n) is 5.19. The molecule has 2 heteroatoms. The molecule has 2 aromatic rings. The van der Waals surface area contributed by atoms with E-state index in [1.54, 1.807) is 0 Å². The molecule has 0 bridgehead atoms. The lowest BCUT2D eigenvalue weighted by Gasteiger charge is -2.05. The molecule has 1 saturated carbocycles. The Labute approximate surface area is 113 Å². The molecule has 0 spiro atoms. The molecule has 0 aliphatic heterocycles. The van der Waals surface area contributed by atoms with Gasteiger partial charge in [0.2, 0.25) is 0 Å². The molecule has 2 aromatic carbocycles. The van der Waals surface area contributed by atoms with Crippen molar-refractivity contribution in [3.8, 4) is 11.1 Å². The predicted octanol–water partition coefficient (Wildman–Crippen LogP) is 3.55. The summed E-state index contributed by atoms with van der Waals surface area (Å²) in [5.74, 6) is 0.0398. The summed E-state index contributed by atoms with van der Waals surface area (Å²) in [4.78, 5) is 11.9. The van der Waals surface area contributed by atoms with Crippen LogP contribution in [-0.4, -0.2) is 11.9 Å². The molecule has 0 radical (unpaired) electrons. The zero-order valence-electron chi connectivity index (χ0n) is 11.0. The third-order valence-electron chi connectivity index (χ3n) is 3.44. The maximum Gasteiger partial charge on any atom is 0.251 e. The Kier molecular flexibility index (Phi) is 3.08. The van der Waals surface area contributed by atoms with Crippen LogP contribution >= 0.6 is 0 Å². The fourth-order valence-corrected chi connectivity index (χ4v) is 2.06. The van der Waals surface area contributed by atoms with Gasteiger partial charge in [-0.05, 0) is 43.0 Å². The fraction of sp³-hybridized carbons (Fsp3) is 0.235. The molecule has 1 aliphatic rings. The fourth-order valence-electron chi connectivity index (χ4n) is 2.06. The van der Waals surface area contributed by atoms with Gasteiger partial charge in [0.05, 0.1) is 0 Å². The lowest BCUT2D eigenvalue weighted by Crippen LogP contribution is -2.25. The van der Waals surface area contributed by atoms with E-state index in [2.05, 4.69) is 36.5 Å². The lowest BCUT2D eigenvalue weighted by atomic mass is 10.0. The summed E-state index contributed by atoms with van der Waals surface area (Å²) in [7, 11) is 0. The first kappa shape index (κ1) is 12.0. The van der Waals surface area contributed by atoms with Gasteiger partial charge in [-0.15, -0.1) is 0 Å². The first-order valence-corrected chi connectivity index (χ1v) is 6.70. The highest BCUT2D eigenvalue weighted by Gasteiger charge is 2.23. The second-order valence-corrected chi connectivity index (χ2v) is 5.19. The van der Waals surface area contributed by atoms with Gasteiger partial charge >= 0.3 is 0 Å². The number of carbonyl (C=O) groups excluding carboxylic acids is 1. The maximum atomic E-state index is 11.9. The van der Waals surface area contributed by atoms with Crippen LogP contribution in [0.4, 0.5) is 0 Å². The van der Waals surface area contributed by atoms with Crippen LogP contribution in [0.25, 0.3) is 11.1 Å². The lowest BCUT2D eigenvalue weighted by molar-refractivity contribution is 0.0951. The van der Waals surface area contributed by atoms with Crippen molar-refractivity contribution >= 4 is 5.91 Å². The van der Waals surface area contributed by atoms with Crippen LogP contribution in [0.2, 0.25) is 0 Å². The Hall–Kier alpha value is -2.09. The molecule has 1 aliphatic carbocycles. The summed E-state index contributed by atoms with van der Waals surface area (Å²) in [5.41, 5.74) is 4.31. The van der Waals surface area contributed by atoms with Crippen molar-refractivity contribution in [3.05, 3.63) is 59.7 Å². The van der Waals surface area contributed by atoms with Gasteiger partial charge in [-0.3, -0.25) is 4.79 Å². The molecule has 3 rings (SSSR count). The van der Waals surface area contributed by atoms with Crippen LogP contribution in [-0.2, 0) is 0 Å². The topological polar surface area (TPSA) is 29.1 Å². The van der Waals surface area contributed by atoms with Crippen molar-refractivity contribution in [2.24, 2.45) is 0 Å². The molecular weight excluding hydrogens is 234 g/mol. The van der Waals surface area contributed by atoms with E-state index in [0.29, 0.717) is 6.04 Å². The van der Waals surface area contributed by atoms with Gasteiger partial charge in [0.1, 0.15) is 0 Å². The Morgan fingerprint density at radius 2 is 1.47 bits per heavy atom. The van der Waals surface area contributed by atoms with Crippen LogP contribution in [0, 0.1) is 6.92 Å². The van der Waals surface area contributed by atoms with Crippen molar-refractivity contribution in [1.82, 2.24) is 5.32 Å². The zero-order chi connectivity index (χ0) is 13.2. The number of hydrogen-bond donors (Lipinski definition) is 1. The molecule has 1 amide bonds. The highest BCUT2D eigenvalue weighted by Crippen LogP contribution is 2.22. The van der Waals surface area contributed by atoms with Gasteiger partial charge in [-0.2, -0.15) is 0 Å². The molecule has 1 N–H and O–H groups in total. The molecule has 19 heavy (non-hydrogen) atoms. The smallest absolute Gasteiger partial charge is 0.251 e. The predicted molar refractivity (Wildman–Crippen MR) is 77.1 cm³/mol. The van der Waals surface area contributed by atoms with Crippen LogP contribution in [0.15, 0.2) is 48.5 Å². The number of hydrogen-bond acceptors (Lipinski definition) is 1. The number of nitrogens with one attached hydrogen (secondary N) is 1. The summed E-state index contributed by atoms with van der Waals surface area (Å²) >= 11 is 0. The Balaban J connectivity index is 1.77. The maximum absolute atomic E-state index is 11.9. The number of amides is 1. The zero-order valence-corrected chi connectivity index (χ0v) is 11.0. The van der Waals surface area contributed by atoms with E-state index in [-0.39, 0.29) is 5.91 Å². The molecule has 96 valence electrons. The van der Waals surface area contributed by atoms with Gasteiger partial charge < -0.3 is 5.32 Å². The monoisotopic (exact) mass is 251 g/mol. The van der Waals surface area contributed by atoms with E-state index in [9.17, 15) is 4.79 Å². The van der Waals surface area contributed by atoms with Gasteiger partial charge in [0.25, 0.3) is 5.91 Å². The van der Waals surface area contributed by atoms with Crippen molar-refractivity contribution in [2.45, 2.75) is 25.8 Å². The van der Waals surface area contributed by atoms with Crippen LogP contribution < -0.4 is 5.32 Å². The van der Waals surface area contributed by atoms with E-state index in [0.717, 1.165) is 24.0 Å². The third kappa shape index (κ3) is 2.84. The molecule has 2 nitrogen and oxygen atoms in total. The molecular formula is C17H17NO. The standard InChI is InChI=1S/C17H17NO/c1-12-2-4-13(5-3-12)14-6-8-15(9-7-14)17(19)18-16-10-11-16/h2-9,16H,10-11H2,1H3,(H,18,19). The first-order valence-electron chi connectivity index (χ1n) is 6.70. The quantitative estimate of drug-likeness (QED) is 0.888. The molecule has 0 heterocycles. The van der Waals surface area contributed by atoms with E-state index in [4.69, 9.17) is 0 Å². The van der Waals surface area contributed by atoms with Crippen molar-refractivity contribution < 1.29 is 4.79 Å². The highest BCUT2D eigenvalue weighted by atomic mass is 16.1. The highest BCUT2D eigenvalue weighted by molar-refractivity contribution is 5.95. The minimum Gasteiger partial charge on any atom is -0.349 e. The summed E-state index contributed by atoms with van der Waals surface area (Å²) < 4.78 is 0. The summed E-state index contributed by atoms with van der Waals surface area (Å²) in [6, 6.07) is 16.6. The van der Waals surface area contributed by atoms with E-state index in [1.807, 2.05) is 24.3 Å². The molecule has 0 atom stereocenters. The molecule has 0 saturated heterocycles. The van der Waals surface area contributed by atoms with Crippen molar-refractivity contribution in [1.29, 1.82) is 0 Å². The van der Waals surface area contributed by atoms with E-state index in [1.165, 1.54) is 11.1 Å². The summed E-state index contributed by atoms with van der Waals surface area (Å²) in [6.07, 6.45) is 2.24.